The largest absolute Gasteiger partial charge is 0.362 e. The maximum Gasteiger partial charge on any atom is 0.255 e. The molecule has 4 heteroatoms. The zero-order valence-corrected chi connectivity index (χ0v) is 12.0. The Labute approximate surface area is 115 Å². The van der Waals surface area contributed by atoms with Crippen LogP contribution in [0, 0.1) is 5.92 Å². The van der Waals surface area contributed by atoms with Crippen LogP contribution >= 0.6 is 0 Å². The molecule has 0 spiro atoms. The van der Waals surface area contributed by atoms with Gasteiger partial charge in [0.05, 0.1) is 5.56 Å². The molecule has 1 aromatic rings. The van der Waals surface area contributed by atoms with Gasteiger partial charge < -0.3 is 10.2 Å². The van der Waals surface area contributed by atoms with Crippen LogP contribution in [0.25, 0.3) is 0 Å². The summed E-state index contributed by atoms with van der Waals surface area (Å²) in [7, 11) is 3.81. The summed E-state index contributed by atoms with van der Waals surface area (Å²) < 4.78 is 0. The number of pyridine rings is 1. The lowest BCUT2D eigenvalue weighted by Gasteiger charge is -2.28. The Morgan fingerprint density at radius 1 is 1.42 bits per heavy atom. The molecule has 1 aromatic heterocycles. The molecule has 4 nitrogen and oxygen atoms in total. The molecule has 0 aromatic carbocycles. The molecular weight excluding hydrogens is 238 g/mol. The van der Waals surface area contributed by atoms with Gasteiger partial charge >= 0.3 is 0 Å². The smallest absolute Gasteiger partial charge is 0.255 e. The van der Waals surface area contributed by atoms with Crippen LogP contribution < -0.4 is 10.2 Å². The lowest BCUT2D eigenvalue weighted by molar-refractivity contribution is 0.0921. The number of carbonyl (C=O) groups is 1. The van der Waals surface area contributed by atoms with E-state index in [4.69, 9.17) is 0 Å². The van der Waals surface area contributed by atoms with E-state index in [2.05, 4.69) is 17.2 Å². The zero-order valence-electron chi connectivity index (χ0n) is 12.0. The number of hydrogen-bond donors (Lipinski definition) is 1. The van der Waals surface area contributed by atoms with E-state index in [1.165, 1.54) is 12.8 Å². The molecule has 104 valence electrons. The summed E-state index contributed by atoms with van der Waals surface area (Å²) in [6.07, 6.45) is 6.38. The highest BCUT2D eigenvalue weighted by atomic mass is 16.1. The Kier molecular flexibility index (Phi) is 4.40. The first-order valence-corrected chi connectivity index (χ1v) is 7.01. The van der Waals surface area contributed by atoms with Gasteiger partial charge in [0.1, 0.15) is 5.82 Å². The van der Waals surface area contributed by atoms with Crippen molar-refractivity contribution in [3.8, 4) is 0 Å². The van der Waals surface area contributed by atoms with Crippen molar-refractivity contribution in [3.63, 3.8) is 0 Å². The average molecular weight is 261 g/mol. The minimum atomic E-state index is -0.00380. The molecule has 2 atom stereocenters. The van der Waals surface area contributed by atoms with Crippen LogP contribution in [-0.4, -0.2) is 31.0 Å². The van der Waals surface area contributed by atoms with Gasteiger partial charge in [0.25, 0.3) is 5.91 Å². The Hall–Kier alpha value is -1.58. The van der Waals surface area contributed by atoms with E-state index < -0.39 is 0 Å². The van der Waals surface area contributed by atoms with E-state index in [1.54, 1.807) is 6.20 Å². The fraction of sp³-hybridized carbons (Fsp3) is 0.600. The molecule has 0 bridgehead atoms. The second-order valence-electron chi connectivity index (χ2n) is 5.71. The van der Waals surface area contributed by atoms with Gasteiger partial charge in [0.2, 0.25) is 0 Å². The third kappa shape index (κ3) is 3.46. The summed E-state index contributed by atoms with van der Waals surface area (Å²) in [5, 5.41) is 3.16. The molecule has 1 amide bonds. The standard InChI is InChI=1S/C15H23N3O/c1-11-6-4-7-12(10-11)17-15(19)13-8-5-9-16-14(13)18(2)3/h5,8-9,11-12H,4,6-7,10H2,1-3H3,(H,17,19). The number of rotatable bonds is 3. The minimum absolute atomic E-state index is 0.00380. The van der Waals surface area contributed by atoms with Crippen molar-refractivity contribution in [2.75, 3.05) is 19.0 Å². The van der Waals surface area contributed by atoms with E-state index in [1.807, 2.05) is 31.1 Å². The third-order valence-corrected chi connectivity index (χ3v) is 3.73. The van der Waals surface area contributed by atoms with Gasteiger partial charge in [-0.05, 0) is 30.9 Å². The van der Waals surface area contributed by atoms with Crippen molar-refractivity contribution in [1.82, 2.24) is 10.3 Å². The Morgan fingerprint density at radius 2 is 2.21 bits per heavy atom. The summed E-state index contributed by atoms with van der Waals surface area (Å²) in [6.45, 7) is 2.26. The Morgan fingerprint density at radius 3 is 2.89 bits per heavy atom. The number of nitrogens with one attached hydrogen (secondary N) is 1. The predicted molar refractivity (Wildman–Crippen MR) is 77.5 cm³/mol. The highest BCUT2D eigenvalue weighted by Gasteiger charge is 2.22. The molecule has 1 fully saturated rings. The van der Waals surface area contributed by atoms with Crippen LogP contribution in [0.3, 0.4) is 0 Å². The number of aromatic nitrogens is 1. The first-order chi connectivity index (χ1) is 9.08. The van der Waals surface area contributed by atoms with Crippen LogP contribution in [0.2, 0.25) is 0 Å². The number of amides is 1. The van der Waals surface area contributed by atoms with Gasteiger partial charge in [-0.15, -0.1) is 0 Å². The van der Waals surface area contributed by atoms with Crippen LogP contribution in [-0.2, 0) is 0 Å². The topological polar surface area (TPSA) is 45.2 Å². The number of carbonyl (C=O) groups excluding carboxylic acids is 1. The zero-order chi connectivity index (χ0) is 13.8. The van der Waals surface area contributed by atoms with E-state index in [-0.39, 0.29) is 5.91 Å². The van der Waals surface area contributed by atoms with Gasteiger partial charge in [0, 0.05) is 26.3 Å². The van der Waals surface area contributed by atoms with Crippen LogP contribution in [0.4, 0.5) is 5.82 Å². The molecule has 2 unspecified atom stereocenters. The van der Waals surface area contributed by atoms with Crippen LogP contribution in [0.1, 0.15) is 43.0 Å². The highest BCUT2D eigenvalue weighted by molar-refractivity contribution is 5.98. The predicted octanol–water partition coefficient (Wildman–Crippen LogP) is 2.46. The lowest BCUT2D eigenvalue weighted by Crippen LogP contribution is -2.38. The first-order valence-electron chi connectivity index (χ1n) is 7.01. The monoisotopic (exact) mass is 261 g/mol. The maximum absolute atomic E-state index is 12.4. The third-order valence-electron chi connectivity index (χ3n) is 3.73. The molecular formula is C15H23N3O. The Bertz CT molecular complexity index is 445. The number of hydrogen-bond acceptors (Lipinski definition) is 3. The van der Waals surface area contributed by atoms with Crippen molar-refractivity contribution in [2.24, 2.45) is 5.92 Å². The van der Waals surface area contributed by atoms with Gasteiger partial charge in [-0.3, -0.25) is 4.79 Å². The van der Waals surface area contributed by atoms with E-state index in [0.717, 1.165) is 18.7 Å². The van der Waals surface area contributed by atoms with Crippen molar-refractivity contribution in [2.45, 2.75) is 38.6 Å². The average Bonchev–Trinajstić information content (AvgIpc) is 2.38. The molecule has 1 heterocycles. The summed E-state index contributed by atoms with van der Waals surface area (Å²) >= 11 is 0. The van der Waals surface area contributed by atoms with Crippen molar-refractivity contribution in [3.05, 3.63) is 23.9 Å². The van der Waals surface area contributed by atoms with Crippen molar-refractivity contribution in [1.29, 1.82) is 0 Å². The van der Waals surface area contributed by atoms with Crippen LogP contribution in [0.15, 0.2) is 18.3 Å². The van der Waals surface area contributed by atoms with E-state index in [0.29, 0.717) is 17.5 Å². The molecule has 1 N–H and O–H groups in total. The van der Waals surface area contributed by atoms with Gasteiger partial charge in [-0.25, -0.2) is 4.98 Å². The summed E-state index contributed by atoms with van der Waals surface area (Å²) in [5.41, 5.74) is 0.658. The van der Waals surface area contributed by atoms with Gasteiger partial charge in [-0.2, -0.15) is 0 Å². The Balaban J connectivity index is 2.07. The second-order valence-corrected chi connectivity index (χ2v) is 5.71. The molecule has 0 radical (unpaired) electrons. The molecule has 1 aliphatic carbocycles. The van der Waals surface area contributed by atoms with Crippen molar-refractivity contribution < 1.29 is 4.79 Å². The fourth-order valence-corrected chi connectivity index (χ4v) is 2.76. The normalized spacial score (nSPS) is 22.9. The fourth-order valence-electron chi connectivity index (χ4n) is 2.76. The molecule has 1 saturated carbocycles. The van der Waals surface area contributed by atoms with E-state index >= 15 is 0 Å². The van der Waals surface area contributed by atoms with Crippen LogP contribution in [0.5, 0.6) is 0 Å². The second kappa shape index (κ2) is 6.04. The SMILES string of the molecule is CC1CCCC(NC(=O)c2cccnc2N(C)C)C1. The molecule has 0 aliphatic heterocycles. The summed E-state index contributed by atoms with van der Waals surface area (Å²) in [4.78, 5) is 18.5. The number of nitrogens with zero attached hydrogens (tertiary/aromatic N) is 2. The molecule has 1 aliphatic rings. The van der Waals surface area contributed by atoms with Gasteiger partial charge in [-0.1, -0.05) is 19.8 Å². The molecule has 2 rings (SSSR count). The molecule has 0 saturated heterocycles. The van der Waals surface area contributed by atoms with Gasteiger partial charge in [0.15, 0.2) is 0 Å². The van der Waals surface area contributed by atoms with Crippen molar-refractivity contribution >= 4 is 11.7 Å². The molecule has 19 heavy (non-hydrogen) atoms. The first kappa shape index (κ1) is 13.8. The summed E-state index contributed by atoms with van der Waals surface area (Å²) in [5.74, 6) is 1.43. The quantitative estimate of drug-likeness (QED) is 0.909. The minimum Gasteiger partial charge on any atom is -0.362 e. The maximum atomic E-state index is 12.4. The lowest BCUT2D eigenvalue weighted by atomic mass is 9.87. The highest BCUT2D eigenvalue weighted by Crippen LogP contribution is 2.24. The van der Waals surface area contributed by atoms with E-state index in [9.17, 15) is 4.79 Å². The summed E-state index contributed by atoms with van der Waals surface area (Å²) in [6, 6.07) is 3.96. The number of anilines is 1.